The molecule has 3 N–H and O–H groups in total. The lowest BCUT2D eigenvalue weighted by Gasteiger charge is -2.28. The maximum atomic E-state index is 11.9. The number of likely N-dealkylation sites (tertiary alicyclic amines) is 1. The van der Waals surface area contributed by atoms with E-state index in [1.54, 1.807) is 13.0 Å². The average molecular weight is 249 g/mol. The van der Waals surface area contributed by atoms with E-state index in [1.807, 2.05) is 0 Å². The number of anilines is 2. The van der Waals surface area contributed by atoms with Crippen molar-refractivity contribution in [3.63, 3.8) is 0 Å². The molecule has 1 saturated heterocycles. The number of nitrogens with zero attached hydrogens (tertiary/aromatic N) is 3. The zero-order valence-corrected chi connectivity index (χ0v) is 10.3. The van der Waals surface area contributed by atoms with Crippen molar-refractivity contribution in [2.75, 3.05) is 18.1 Å². The Morgan fingerprint density at radius 2 is 2.17 bits per heavy atom. The summed E-state index contributed by atoms with van der Waals surface area (Å²) in [6.45, 7) is 1.79. The van der Waals surface area contributed by atoms with Crippen molar-refractivity contribution in [3.8, 4) is 0 Å². The second-order valence-corrected chi connectivity index (χ2v) is 4.28. The summed E-state index contributed by atoms with van der Waals surface area (Å²) in [4.78, 5) is 32.3. The number of nitrogens with one attached hydrogen (secondary N) is 1. The largest absolute Gasteiger partial charge is 0.368 e. The van der Waals surface area contributed by atoms with Gasteiger partial charge in [0.25, 0.3) is 5.91 Å². The SMILES string of the molecule is Cc1cc(NC2CCC(=O)N(C)C2=O)nc(N)n1. The maximum absolute atomic E-state index is 11.9. The highest BCUT2D eigenvalue weighted by Crippen LogP contribution is 2.16. The summed E-state index contributed by atoms with van der Waals surface area (Å²) in [5.74, 6) is 0.254. The minimum Gasteiger partial charge on any atom is -0.368 e. The summed E-state index contributed by atoms with van der Waals surface area (Å²) in [5.41, 5.74) is 6.26. The van der Waals surface area contributed by atoms with E-state index in [2.05, 4.69) is 15.3 Å². The van der Waals surface area contributed by atoms with E-state index in [0.717, 1.165) is 10.6 Å². The van der Waals surface area contributed by atoms with Crippen molar-refractivity contribution in [3.05, 3.63) is 11.8 Å². The van der Waals surface area contributed by atoms with Gasteiger partial charge in [0.15, 0.2) is 0 Å². The highest BCUT2D eigenvalue weighted by Gasteiger charge is 2.31. The first-order valence-electron chi connectivity index (χ1n) is 5.65. The van der Waals surface area contributed by atoms with Gasteiger partial charge < -0.3 is 11.1 Å². The van der Waals surface area contributed by atoms with Crippen molar-refractivity contribution in [2.24, 2.45) is 0 Å². The predicted octanol–water partition coefficient (Wildman–Crippen LogP) is -0.0735. The van der Waals surface area contributed by atoms with Gasteiger partial charge in [-0.2, -0.15) is 4.98 Å². The van der Waals surface area contributed by atoms with Gasteiger partial charge in [-0.25, -0.2) is 4.98 Å². The van der Waals surface area contributed by atoms with E-state index in [0.29, 0.717) is 18.7 Å². The van der Waals surface area contributed by atoms with Crippen LogP contribution in [0.15, 0.2) is 6.07 Å². The second kappa shape index (κ2) is 4.59. The number of piperidine rings is 1. The highest BCUT2D eigenvalue weighted by molar-refractivity contribution is 6.01. The van der Waals surface area contributed by atoms with Gasteiger partial charge in [0, 0.05) is 25.2 Å². The molecule has 0 saturated carbocycles. The van der Waals surface area contributed by atoms with Crippen molar-refractivity contribution in [1.29, 1.82) is 0 Å². The van der Waals surface area contributed by atoms with Crippen LogP contribution < -0.4 is 11.1 Å². The number of amides is 2. The van der Waals surface area contributed by atoms with E-state index in [-0.39, 0.29) is 17.8 Å². The van der Waals surface area contributed by atoms with Gasteiger partial charge >= 0.3 is 0 Å². The number of nitrogen functional groups attached to an aromatic ring is 1. The van der Waals surface area contributed by atoms with Gasteiger partial charge in [-0.15, -0.1) is 0 Å². The number of hydrogen-bond acceptors (Lipinski definition) is 6. The Bertz CT molecular complexity index is 482. The fraction of sp³-hybridized carbons (Fsp3) is 0.455. The van der Waals surface area contributed by atoms with Crippen molar-refractivity contribution in [1.82, 2.24) is 14.9 Å². The molecular formula is C11H15N5O2. The third-order valence-corrected chi connectivity index (χ3v) is 2.84. The molecule has 2 rings (SSSR count). The number of rotatable bonds is 2. The van der Waals surface area contributed by atoms with Gasteiger partial charge in [0.1, 0.15) is 11.9 Å². The molecule has 96 valence electrons. The smallest absolute Gasteiger partial charge is 0.251 e. The molecule has 0 spiro atoms. The standard InChI is InChI=1S/C11H15N5O2/c1-6-5-8(15-11(12)13-6)14-7-3-4-9(17)16(2)10(7)18/h5,7H,3-4H2,1-2H3,(H3,12,13,14,15). The van der Waals surface area contributed by atoms with E-state index >= 15 is 0 Å². The minimum atomic E-state index is -0.443. The molecule has 0 bridgehead atoms. The Hall–Kier alpha value is -2.18. The molecule has 0 aromatic carbocycles. The van der Waals surface area contributed by atoms with Gasteiger partial charge in [-0.3, -0.25) is 14.5 Å². The maximum Gasteiger partial charge on any atom is 0.251 e. The zero-order valence-electron chi connectivity index (χ0n) is 10.3. The molecule has 1 fully saturated rings. The first-order chi connectivity index (χ1) is 8.47. The van der Waals surface area contributed by atoms with Crippen molar-refractivity contribution < 1.29 is 9.59 Å². The van der Waals surface area contributed by atoms with Gasteiger partial charge in [0.2, 0.25) is 11.9 Å². The van der Waals surface area contributed by atoms with E-state index in [1.165, 1.54) is 7.05 Å². The number of carbonyl (C=O) groups excluding carboxylic acids is 2. The fourth-order valence-electron chi connectivity index (χ4n) is 1.89. The Kier molecular flexibility index (Phi) is 3.14. The van der Waals surface area contributed by atoms with Gasteiger partial charge in [-0.05, 0) is 13.3 Å². The molecule has 1 atom stereocenters. The molecular weight excluding hydrogens is 234 g/mol. The summed E-state index contributed by atoms with van der Waals surface area (Å²) < 4.78 is 0. The van der Waals surface area contributed by atoms with Crippen LogP contribution >= 0.6 is 0 Å². The van der Waals surface area contributed by atoms with E-state index in [4.69, 9.17) is 5.73 Å². The van der Waals surface area contributed by atoms with Crippen LogP contribution in [0.4, 0.5) is 11.8 Å². The molecule has 1 unspecified atom stereocenters. The number of hydrogen-bond donors (Lipinski definition) is 2. The molecule has 0 radical (unpaired) electrons. The number of nitrogens with two attached hydrogens (primary N) is 1. The lowest BCUT2D eigenvalue weighted by molar-refractivity contribution is -0.146. The third-order valence-electron chi connectivity index (χ3n) is 2.84. The van der Waals surface area contributed by atoms with Gasteiger partial charge in [0.05, 0.1) is 0 Å². The van der Waals surface area contributed by atoms with Crippen LogP contribution in [0.2, 0.25) is 0 Å². The topological polar surface area (TPSA) is 101 Å². The normalized spacial score (nSPS) is 20.1. The number of carbonyl (C=O) groups is 2. The number of likely N-dealkylation sites (N-methyl/N-ethyl adjacent to an activating group) is 1. The summed E-state index contributed by atoms with van der Waals surface area (Å²) in [6, 6.07) is 1.27. The summed E-state index contributed by atoms with van der Waals surface area (Å²) in [5, 5.41) is 2.99. The van der Waals surface area contributed by atoms with Crippen LogP contribution in [0.5, 0.6) is 0 Å². The molecule has 0 aliphatic carbocycles. The first kappa shape index (κ1) is 12.3. The Labute approximate surface area is 104 Å². The Morgan fingerprint density at radius 1 is 1.44 bits per heavy atom. The number of aromatic nitrogens is 2. The molecule has 1 aromatic rings. The van der Waals surface area contributed by atoms with Crippen LogP contribution in [0.3, 0.4) is 0 Å². The average Bonchev–Trinajstić information content (AvgIpc) is 2.29. The van der Waals surface area contributed by atoms with Crippen LogP contribution in [-0.2, 0) is 9.59 Å². The molecule has 18 heavy (non-hydrogen) atoms. The van der Waals surface area contributed by atoms with E-state index < -0.39 is 6.04 Å². The molecule has 2 amide bonds. The van der Waals surface area contributed by atoms with Crippen LogP contribution in [0, 0.1) is 6.92 Å². The fourth-order valence-corrected chi connectivity index (χ4v) is 1.89. The Morgan fingerprint density at radius 3 is 2.83 bits per heavy atom. The summed E-state index contributed by atoms with van der Waals surface area (Å²) in [6.07, 6.45) is 0.810. The van der Waals surface area contributed by atoms with Crippen molar-refractivity contribution in [2.45, 2.75) is 25.8 Å². The number of imide groups is 1. The zero-order chi connectivity index (χ0) is 13.3. The quantitative estimate of drug-likeness (QED) is 0.711. The predicted molar refractivity (Wildman–Crippen MR) is 65.6 cm³/mol. The monoisotopic (exact) mass is 249 g/mol. The summed E-state index contributed by atoms with van der Waals surface area (Å²) >= 11 is 0. The minimum absolute atomic E-state index is 0.156. The molecule has 7 nitrogen and oxygen atoms in total. The number of aryl methyl sites for hydroxylation is 1. The lowest BCUT2D eigenvalue weighted by Crippen LogP contribution is -2.48. The second-order valence-electron chi connectivity index (χ2n) is 4.28. The lowest BCUT2D eigenvalue weighted by atomic mass is 10.0. The molecule has 1 aromatic heterocycles. The van der Waals surface area contributed by atoms with E-state index in [9.17, 15) is 9.59 Å². The van der Waals surface area contributed by atoms with Gasteiger partial charge in [-0.1, -0.05) is 0 Å². The molecule has 2 heterocycles. The molecule has 1 aliphatic heterocycles. The highest BCUT2D eigenvalue weighted by atomic mass is 16.2. The third kappa shape index (κ3) is 2.39. The summed E-state index contributed by atoms with van der Waals surface area (Å²) in [7, 11) is 1.48. The Balaban J connectivity index is 2.14. The molecule has 1 aliphatic rings. The first-order valence-corrected chi connectivity index (χ1v) is 5.65. The van der Waals surface area contributed by atoms with Crippen LogP contribution in [0.1, 0.15) is 18.5 Å². The van der Waals surface area contributed by atoms with Crippen LogP contribution in [0.25, 0.3) is 0 Å². The van der Waals surface area contributed by atoms with Crippen molar-refractivity contribution >= 4 is 23.6 Å². The van der Waals surface area contributed by atoms with Crippen LogP contribution in [-0.4, -0.2) is 39.8 Å². The molecule has 7 heteroatoms.